The molecule has 1 aromatic carbocycles. The summed E-state index contributed by atoms with van der Waals surface area (Å²) in [5, 5.41) is 9.72. The van der Waals surface area contributed by atoms with E-state index in [1.54, 1.807) is 0 Å². The van der Waals surface area contributed by atoms with E-state index >= 15 is 0 Å². The summed E-state index contributed by atoms with van der Waals surface area (Å²) in [7, 11) is 0. The van der Waals surface area contributed by atoms with Crippen LogP contribution in [0.25, 0.3) is 0 Å². The number of nitrogens with zero attached hydrogens (tertiary/aromatic N) is 3. The highest BCUT2D eigenvalue weighted by atomic mass is 16.5. The maximum atomic E-state index is 9.72. The van der Waals surface area contributed by atoms with Gasteiger partial charge in [0.15, 0.2) is 0 Å². The molecule has 1 saturated heterocycles. The van der Waals surface area contributed by atoms with Gasteiger partial charge in [-0.3, -0.25) is 4.99 Å². The van der Waals surface area contributed by atoms with Crippen LogP contribution in [0.2, 0.25) is 0 Å². The normalized spacial score (nSPS) is 17.4. The molecule has 5 nitrogen and oxygen atoms in total. The summed E-state index contributed by atoms with van der Waals surface area (Å²) in [6.07, 6.45) is 3.42. The number of hydrogen-bond acceptors (Lipinski definition) is 5. The van der Waals surface area contributed by atoms with Gasteiger partial charge < -0.3 is 14.7 Å². The van der Waals surface area contributed by atoms with E-state index in [0.29, 0.717) is 6.54 Å². The van der Waals surface area contributed by atoms with E-state index in [4.69, 9.17) is 9.73 Å². The summed E-state index contributed by atoms with van der Waals surface area (Å²) in [5.74, 6) is 1.84. The average molecular weight is 351 g/mol. The minimum absolute atomic E-state index is 0.150. The van der Waals surface area contributed by atoms with E-state index in [1.807, 2.05) is 32.2 Å². The fraction of sp³-hybridized carbons (Fsp3) is 0.429. The quantitative estimate of drug-likeness (QED) is 0.919. The third kappa shape index (κ3) is 3.44. The Morgan fingerprint density at radius 2 is 1.96 bits per heavy atom. The van der Waals surface area contributed by atoms with Gasteiger partial charge in [0.25, 0.3) is 0 Å². The molecular formula is C21H25N3O2. The molecule has 2 aromatic rings. The number of aromatic nitrogens is 1. The summed E-state index contributed by atoms with van der Waals surface area (Å²) in [6.45, 7) is 6.46. The van der Waals surface area contributed by atoms with Crippen molar-refractivity contribution in [3.05, 3.63) is 53.2 Å². The second-order valence-corrected chi connectivity index (χ2v) is 7.27. The summed E-state index contributed by atoms with van der Waals surface area (Å²) in [5.41, 5.74) is 4.47. The molecule has 2 aliphatic heterocycles. The van der Waals surface area contributed by atoms with Crippen molar-refractivity contribution >= 4 is 11.5 Å². The molecule has 26 heavy (non-hydrogen) atoms. The van der Waals surface area contributed by atoms with E-state index in [1.165, 1.54) is 5.56 Å². The number of ether oxygens (including phenoxy) is 1. The number of piperidine rings is 1. The van der Waals surface area contributed by atoms with E-state index in [0.717, 1.165) is 54.3 Å². The lowest BCUT2D eigenvalue weighted by Crippen LogP contribution is -2.36. The Kier molecular flexibility index (Phi) is 4.64. The summed E-state index contributed by atoms with van der Waals surface area (Å²) in [6, 6.07) is 10.4. The Hall–Kier alpha value is -2.40. The molecule has 0 atom stereocenters. The number of hydrogen-bond donors (Lipinski definition) is 1. The van der Waals surface area contributed by atoms with Gasteiger partial charge in [0.1, 0.15) is 11.6 Å². The first-order chi connectivity index (χ1) is 12.6. The van der Waals surface area contributed by atoms with E-state index in [9.17, 15) is 5.11 Å². The van der Waals surface area contributed by atoms with E-state index < -0.39 is 0 Å². The van der Waals surface area contributed by atoms with E-state index in [2.05, 4.69) is 28.1 Å². The van der Waals surface area contributed by atoms with Gasteiger partial charge in [-0.1, -0.05) is 6.07 Å². The zero-order valence-electron chi connectivity index (χ0n) is 15.4. The van der Waals surface area contributed by atoms with Gasteiger partial charge >= 0.3 is 0 Å². The summed E-state index contributed by atoms with van der Waals surface area (Å²) in [4.78, 5) is 11.5. The van der Waals surface area contributed by atoms with Crippen molar-refractivity contribution in [1.29, 1.82) is 0 Å². The van der Waals surface area contributed by atoms with Crippen LogP contribution in [0.4, 0.5) is 5.82 Å². The minimum atomic E-state index is -0.181. The third-order valence-corrected chi connectivity index (χ3v) is 4.92. The molecule has 3 heterocycles. The first-order valence-electron chi connectivity index (χ1n) is 9.34. The number of benzene rings is 1. The standard InChI is InChI=1S/C21H25N3O2/c1-14(2)26-18-4-3-16-13-23-21(19(16)12-18)15-5-8-22-20(11-15)24-9-6-17(25)7-10-24/h3-5,8,11-12,14,17,25H,6-7,9-10,13H2,1-2H3. The highest BCUT2D eigenvalue weighted by Gasteiger charge is 2.22. The molecule has 0 saturated carbocycles. The molecule has 1 N–H and O–H groups in total. The molecule has 0 aliphatic carbocycles. The van der Waals surface area contributed by atoms with Crippen LogP contribution in [-0.4, -0.2) is 41.1 Å². The molecule has 136 valence electrons. The van der Waals surface area contributed by atoms with Crippen LogP contribution in [0.1, 0.15) is 43.4 Å². The predicted molar refractivity (Wildman–Crippen MR) is 103 cm³/mol. The Labute approximate surface area is 154 Å². The van der Waals surface area contributed by atoms with Gasteiger partial charge in [-0.25, -0.2) is 4.98 Å². The zero-order valence-corrected chi connectivity index (χ0v) is 15.4. The van der Waals surface area contributed by atoms with Crippen molar-refractivity contribution in [2.75, 3.05) is 18.0 Å². The van der Waals surface area contributed by atoms with Crippen molar-refractivity contribution in [1.82, 2.24) is 4.98 Å². The highest BCUT2D eigenvalue weighted by Crippen LogP contribution is 2.29. The Balaban J connectivity index is 1.61. The first kappa shape index (κ1) is 17.0. The monoisotopic (exact) mass is 351 g/mol. The van der Waals surface area contributed by atoms with Crippen molar-refractivity contribution < 1.29 is 9.84 Å². The lowest BCUT2D eigenvalue weighted by molar-refractivity contribution is 0.145. The molecule has 1 aromatic heterocycles. The van der Waals surface area contributed by atoms with Crippen LogP contribution < -0.4 is 9.64 Å². The smallest absolute Gasteiger partial charge is 0.129 e. The fourth-order valence-corrected chi connectivity index (χ4v) is 3.59. The van der Waals surface area contributed by atoms with Gasteiger partial charge in [0.2, 0.25) is 0 Å². The number of rotatable bonds is 4. The molecule has 0 unspecified atom stereocenters. The van der Waals surface area contributed by atoms with Crippen LogP contribution in [0.15, 0.2) is 41.5 Å². The Morgan fingerprint density at radius 3 is 2.73 bits per heavy atom. The third-order valence-electron chi connectivity index (χ3n) is 4.92. The second kappa shape index (κ2) is 7.08. The largest absolute Gasteiger partial charge is 0.491 e. The lowest BCUT2D eigenvalue weighted by atomic mass is 10.00. The van der Waals surface area contributed by atoms with Crippen LogP contribution in [0.5, 0.6) is 5.75 Å². The molecule has 5 heteroatoms. The van der Waals surface area contributed by atoms with Gasteiger partial charge in [0.05, 0.1) is 24.5 Å². The van der Waals surface area contributed by atoms with Crippen LogP contribution >= 0.6 is 0 Å². The first-order valence-corrected chi connectivity index (χ1v) is 9.34. The fourth-order valence-electron chi connectivity index (χ4n) is 3.59. The minimum Gasteiger partial charge on any atom is -0.491 e. The molecule has 4 rings (SSSR count). The lowest BCUT2D eigenvalue weighted by Gasteiger charge is -2.30. The number of anilines is 1. The molecule has 0 amide bonds. The number of aliphatic hydroxyl groups excluding tert-OH is 1. The van der Waals surface area contributed by atoms with Crippen molar-refractivity contribution in [3.8, 4) is 5.75 Å². The van der Waals surface area contributed by atoms with Crippen LogP contribution in [-0.2, 0) is 6.54 Å². The van der Waals surface area contributed by atoms with Gasteiger partial charge in [0, 0.05) is 30.4 Å². The van der Waals surface area contributed by atoms with Crippen molar-refractivity contribution in [3.63, 3.8) is 0 Å². The Morgan fingerprint density at radius 1 is 1.15 bits per heavy atom. The van der Waals surface area contributed by atoms with Crippen molar-refractivity contribution in [2.45, 2.75) is 45.4 Å². The molecule has 0 radical (unpaired) electrons. The maximum Gasteiger partial charge on any atom is 0.129 e. The molecular weight excluding hydrogens is 326 g/mol. The van der Waals surface area contributed by atoms with Crippen LogP contribution in [0, 0.1) is 0 Å². The molecule has 1 fully saturated rings. The molecule has 0 bridgehead atoms. The van der Waals surface area contributed by atoms with Gasteiger partial charge in [-0.2, -0.15) is 0 Å². The van der Waals surface area contributed by atoms with Gasteiger partial charge in [-0.05, 0) is 56.5 Å². The van der Waals surface area contributed by atoms with Crippen molar-refractivity contribution in [2.24, 2.45) is 4.99 Å². The number of pyridine rings is 1. The van der Waals surface area contributed by atoms with E-state index in [-0.39, 0.29) is 12.2 Å². The summed E-state index contributed by atoms with van der Waals surface area (Å²) >= 11 is 0. The Bertz CT molecular complexity index is 824. The topological polar surface area (TPSA) is 58.0 Å². The number of aliphatic imine (C=N–C) groups is 1. The average Bonchev–Trinajstić information content (AvgIpc) is 3.05. The van der Waals surface area contributed by atoms with Gasteiger partial charge in [-0.15, -0.1) is 0 Å². The second-order valence-electron chi connectivity index (χ2n) is 7.27. The molecule has 0 spiro atoms. The maximum absolute atomic E-state index is 9.72. The predicted octanol–water partition coefficient (Wildman–Crippen LogP) is 3.18. The van der Waals surface area contributed by atoms with Crippen LogP contribution in [0.3, 0.4) is 0 Å². The number of fused-ring (bicyclic) bond motifs is 1. The highest BCUT2D eigenvalue weighted by molar-refractivity contribution is 6.15. The summed E-state index contributed by atoms with van der Waals surface area (Å²) < 4.78 is 5.85. The number of aliphatic hydroxyl groups is 1. The SMILES string of the molecule is CC(C)Oc1ccc2c(c1)C(c1ccnc(N3CCC(O)CC3)c1)=NC2. The molecule has 2 aliphatic rings. The zero-order chi connectivity index (χ0) is 18.1.